The minimum absolute atomic E-state index is 0.0293. The summed E-state index contributed by atoms with van der Waals surface area (Å²) in [7, 11) is 0. The highest BCUT2D eigenvalue weighted by Crippen LogP contribution is 2.40. The first-order chi connectivity index (χ1) is 6.93. The smallest absolute Gasteiger partial charge is 0.258 e. The van der Waals surface area contributed by atoms with Crippen molar-refractivity contribution >= 4 is 69.4 Å². The van der Waals surface area contributed by atoms with E-state index in [1.807, 2.05) is 0 Å². The first-order valence-corrected chi connectivity index (χ1v) is 7.44. The van der Waals surface area contributed by atoms with Gasteiger partial charge in [0, 0.05) is 12.1 Å². The number of halogens is 4. The molecule has 0 saturated carbocycles. The lowest BCUT2D eigenvalue weighted by Gasteiger charge is -2.11. The summed E-state index contributed by atoms with van der Waals surface area (Å²) in [5, 5.41) is 10.6. The van der Waals surface area contributed by atoms with Gasteiger partial charge in [-0.25, -0.2) is 0 Å². The summed E-state index contributed by atoms with van der Waals surface area (Å²) in [5.74, 6) is 0. The lowest BCUT2D eigenvalue weighted by atomic mass is 10.1. The average molecular weight is 467 g/mol. The van der Waals surface area contributed by atoms with Gasteiger partial charge in [0.25, 0.3) is 5.69 Å². The van der Waals surface area contributed by atoms with E-state index in [9.17, 15) is 10.1 Å². The lowest BCUT2D eigenvalue weighted by Crippen LogP contribution is -1.95. The van der Waals surface area contributed by atoms with Gasteiger partial charge < -0.3 is 0 Å². The average Bonchev–Trinajstić information content (AvgIpc) is 2.16. The second kappa shape index (κ2) is 5.75. The SMILES string of the molecule is O=[N+]([O-])c1ccc(C(Br)Br)c(C(Br)Br)c1. The number of rotatable bonds is 3. The third-order valence-electron chi connectivity index (χ3n) is 1.75. The maximum absolute atomic E-state index is 10.6. The fourth-order valence-corrected chi connectivity index (χ4v) is 2.69. The van der Waals surface area contributed by atoms with Gasteiger partial charge in [-0.05, 0) is 17.2 Å². The fourth-order valence-electron chi connectivity index (χ4n) is 1.06. The maximum atomic E-state index is 10.6. The standard InChI is InChI=1S/C8H5Br4NO2/c9-7(10)5-2-1-4(13(14)15)3-6(5)8(11)12/h1-3,7-8H. The number of nitro benzene ring substituents is 1. The minimum Gasteiger partial charge on any atom is -0.258 e. The largest absolute Gasteiger partial charge is 0.269 e. The molecular weight excluding hydrogens is 462 g/mol. The normalized spacial score (nSPS) is 11.1. The van der Waals surface area contributed by atoms with E-state index >= 15 is 0 Å². The van der Waals surface area contributed by atoms with Gasteiger partial charge in [0.05, 0.1) is 12.4 Å². The van der Waals surface area contributed by atoms with Crippen molar-refractivity contribution in [1.82, 2.24) is 0 Å². The highest BCUT2D eigenvalue weighted by atomic mass is 79.9. The van der Waals surface area contributed by atoms with Crippen LogP contribution in [-0.2, 0) is 0 Å². The Morgan fingerprint density at radius 1 is 1.07 bits per heavy atom. The monoisotopic (exact) mass is 463 g/mol. The molecule has 15 heavy (non-hydrogen) atoms. The van der Waals surface area contributed by atoms with Crippen molar-refractivity contribution in [3.05, 3.63) is 39.4 Å². The Hall–Kier alpha value is 0.540. The predicted octanol–water partition coefficient (Wildman–Crippen LogP) is 5.17. The van der Waals surface area contributed by atoms with Gasteiger partial charge in [-0.15, -0.1) is 0 Å². The van der Waals surface area contributed by atoms with Crippen LogP contribution in [0.5, 0.6) is 0 Å². The van der Waals surface area contributed by atoms with E-state index in [2.05, 4.69) is 63.7 Å². The number of non-ortho nitro benzene ring substituents is 1. The summed E-state index contributed by atoms with van der Waals surface area (Å²) in [4.78, 5) is 10.2. The molecule has 0 unspecified atom stereocenters. The maximum Gasteiger partial charge on any atom is 0.269 e. The molecule has 3 nitrogen and oxygen atoms in total. The molecule has 0 radical (unpaired) electrons. The van der Waals surface area contributed by atoms with Gasteiger partial charge in [0.15, 0.2) is 0 Å². The Labute approximate surface area is 120 Å². The highest BCUT2D eigenvalue weighted by Gasteiger charge is 2.17. The van der Waals surface area contributed by atoms with E-state index in [0.717, 1.165) is 11.1 Å². The molecule has 0 heterocycles. The number of benzene rings is 1. The van der Waals surface area contributed by atoms with E-state index in [4.69, 9.17) is 0 Å². The van der Waals surface area contributed by atoms with Crippen LogP contribution in [0.1, 0.15) is 18.6 Å². The van der Waals surface area contributed by atoms with Gasteiger partial charge in [-0.2, -0.15) is 0 Å². The van der Waals surface area contributed by atoms with Crippen LogP contribution >= 0.6 is 63.7 Å². The number of nitro groups is 1. The van der Waals surface area contributed by atoms with Crippen molar-refractivity contribution in [2.75, 3.05) is 0 Å². The van der Waals surface area contributed by atoms with E-state index < -0.39 is 4.92 Å². The summed E-state index contributed by atoms with van der Waals surface area (Å²) in [6.45, 7) is 0. The lowest BCUT2D eigenvalue weighted by molar-refractivity contribution is -0.384. The van der Waals surface area contributed by atoms with Crippen molar-refractivity contribution in [2.45, 2.75) is 7.47 Å². The predicted molar refractivity (Wildman–Crippen MR) is 74.3 cm³/mol. The second-order valence-corrected chi connectivity index (χ2v) is 8.79. The summed E-state index contributed by atoms with van der Waals surface area (Å²) < 4.78 is -0.143. The highest BCUT2D eigenvalue weighted by molar-refractivity contribution is 9.24. The van der Waals surface area contributed by atoms with Crippen LogP contribution < -0.4 is 0 Å². The van der Waals surface area contributed by atoms with E-state index in [1.54, 1.807) is 12.1 Å². The molecule has 0 spiro atoms. The van der Waals surface area contributed by atoms with Crippen LogP contribution in [0.2, 0.25) is 0 Å². The zero-order chi connectivity index (χ0) is 11.6. The Balaban J connectivity index is 3.27. The first-order valence-electron chi connectivity index (χ1n) is 3.78. The second-order valence-electron chi connectivity index (χ2n) is 2.67. The van der Waals surface area contributed by atoms with E-state index in [-0.39, 0.29) is 13.2 Å². The van der Waals surface area contributed by atoms with Crippen LogP contribution in [0.4, 0.5) is 5.69 Å². The number of nitrogens with zero attached hydrogens (tertiary/aromatic N) is 1. The van der Waals surface area contributed by atoms with E-state index in [0.29, 0.717) is 0 Å². The van der Waals surface area contributed by atoms with Crippen LogP contribution in [-0.4, -0.2) is 4.92 Å². The Kier molecular flexibility index (Phi) is 5.21. The molecule has 1 rings (SSSR count). The van der Waals surface area contributed by atoms with Gasteiger partial charge in [0.1, 0.15) is 0 Å². The molecule has 0 atom stereocenters. The van der Waals surface area contributed by atoms with Crippen molar-refractivity contribution in [3.8, 4) is 0 Å². The third kappa shape index (κ3) is 3.51. The molecule has 0 aliphatic rings. The molecule has 0 bridgehead atoms. The molecule has 0 aliphatic carbocycles. The molecule has 82 valence electrons. The van der Waals surface area contributed by atoms with E-state index in [1.165, 1.54) is 6.07 Å². The summed E-state index contributed by atoms with van der Waals surface area (Å²) >= 11 is 13.4. The van der Waals surface area contributed by atoms with Gasteiger partial charge in [-0.1, -0.05) is 63.7 Å². The van der Waals surface area contributed by atoms with Crippen LogP contribution in [0.25, 0.3) is 0 Å². The van der Waals surface area contributed by atoms with Crippen LogP contribution in [0.15, 0.2) is 18.2 Å². The molecule has 0 amide bonds. The Morgan fingerprint density at radius 2 is 1.60 bits per heavy atom. The van der Waals surface area contributed by atoms with Crippen LogP contribution in [0.3, 0.4) is 0 Å². The quantitative estimate of drug-likeness (QED) is 0.350. The zero-order valence-electron chi connectivity index (χ0n) is 7.16. The van der Waals surface area contributed by atoms with Crippen LogP contribution in [0, 0.1) is 10.1 Å². The molecule has 0 fully saturated rings. The molecule has 0 aromatic heterocycles. The minimum atomic E-state index is -0.410. The molecule has 7 heteroatoms. The molecule has 1 aromatic rings. The van der Waals surface area contributed by atoms with Crippen molar-refractivity contribution in [1.29, 1.82) is 0 Å². The molecule has 0 saturated heterocycles. The van der Waals surface area contributed by atoms with Crippen molar-refractivity contribution in [2.24, 2.45) is 0 Å². The van der Waals surface area contributed by atoms with Crippen molar-refractivity contribution < 1.29 is 4.92 Å². The number of hydrogen-bond acceptors (Lipinski definition) is 2. The Morgan fingerprint density at radius 3 is 2.00 bits per heavy atom. The molecule has 1 aromatic carbocycles. The van der Waals surface area contributed by atoms with Gasteiger partial charge in [-0.3, -0.25) is 10.1 Å². The summed E-state index contributed by atoms with van der Waals surface area (Å²) in [6, 6.07) is 4.74. The molecular formula is C8H5Br4NO2. The summed E-state index contributed by atoms with van der Waals surface area (Å²) in [6.07, 6.45) is 0. The molecule has 0 N–H and O–H groups in total. The Bertz CT molecular complexity index is 381. The van der Waals surface area contributed by atoms with Crippen molar-refractivity contribution in [3.63, 3.8) is 0 Å². The molecule has 0 aliphatic heterocycles. The first kappa shape index (κ1) is 13.6. The topological polar surface area (TPSA) is 43.1 Å². The van der Waals surface area contributed by atoms with Gasteiger partial charge >= 0.3 is 0 Å². The number of alkyl halides is 4. The fraction of sp³-hybridized carbons (Fsp3) is 0.250. The number of hydrogen-bond donors (Lipinski definition) is 0. The van der Waals surface area contributed by atoms with Gasteiger partial charge in [0.2, 0.25) is 0 Å². The summed E-state index contributed by atoms with van der Waals surface area (Å²) in [5.41, 5.74) is 1.85. The third-order valence-corrected chi connectivity index (χ3v) is 3.72. The zero-order valence-corrected chi connectivity index (χ0v) is 13.5.